The molecule has 4 N–H and O–H groups in total. The lowest BCUT2D eigenvalue weighted by Crippen LogP contribution is -2.27. The highest BCUT2D eigenvalue weighted by atomic mass is 16.5. The molecule has 0 radical (unpaired) electrons. The van der Waals surface area contributed by atoms with E-state index in [1.165, 1.54) is 29.5 Å². The van der Waals surface area contributed by atoms with Gasteiger partial charge in [-0.2, -0.15) is 0 Å². The number of anilines is 2. The Morgan fingerprint density at radius 1 is 1.12 bits per heavy atom. The first-order chi connectivity index (χ1) is 16.0. The molecule has 33 heavy (non-hydrogen) atoms. The van der Waals surface area contributed by atoms with Crippen molar-refractivity contribution in [1.29, 1.82) is 0 Å². The van der Waals surface area contributed by atoms with Crippen molar-refractivity contribution >= 4 is 11.6 Å². The molecule has 0 saturated heterocycles. The topological polar surface area (TPSA) is 112 Å². The highest BCUT2D eigenvalue weighted by Gasteiger charge is 2.23. The number of hydrogen-bond donors (Lipinski definition) is 2. The fourth-order valence-electron chi connectivity index (χ4n) is 4.19. The zero-order valence-electron chi connectivity index (χ0n) is 19.2. The van der Waals surface area contributed by atoms with Gasteiger partial charge in [0.05, 0.1) is 18.5 Å². The van der Waals surface area contributed by atoms with Gasteiger partial charge >= 0.3 is 0 Å². The number of nitrogens with two attached hydrogens (primary N) is 2. The Labute approximate surface area is 194 Å². The Balaban J connectivity index is 1.37. The van der Waals surface area contributed by atoms with E-state index in [0.717, 1.165) is 36.3 Å². The molecule has 5 rings (SSSR count). The first-order valence-electron chi connectivity index (χ1n) is 11.4. The third kappa shape index (κ3) is 4.71. The molecule has 2 aromatic heterocycles. The van der Waals surface area contributed by atoms with E-state index in [-0.39, 0.29) is 12.4 Å². The maximum Gasteiger partial charge on any atom is 0.258 e. The smallest absolute Gasteiger partial charge is 0.258 e. The number of ether oxygens (including phenoxy) is 2. The van der Waals surface area contributed by atoms with E-state index in [0.29, 0.717) is 30.0 Å². The number of hydrogen-bond acceptors (Lipinski definition) is 8. The maximum absolute atomic E-state index is 6.09. The monoisotopic (exact) mass is 446 g/mol. The Morgan fingerprint density at radius 2 is 1.97 bits per heavy atom. The third-order valence-corrected chi connectivity index (χ3v) is 6.36. The van der Waals surface area contributed by atoms with Crippen LogP contribution >= 0.6 is 0 Å². The van der Waals surface area contributed by atoms with Gasteiger partial charge in [-0.3, -0.25) is 0 Å². The summed E-state index contributed by atoms with van der Waals surface area (Å²) in [4.78, 5) is 15.5. The number of aryl methyl sites for hydroxylation is 1. The minimum atomic E-state index is 0.213. The van der Waals surface area contributed by atoms with Crippen LogP contribution in [0.3, 0.4) is 0 Å². The van der Waals surface area contributed by atoms with Gasteiger partial charge in [0.2, 0.25) is 0 Å². The first kappa shape index (κ1) is 21.5. The van der Waals surface area contributed by atoms with Crippen LogP contribution in [0, 0.1) is 12.8 Å². The Hall–Kier alpha value is -3.39. The average Bonchev–Trinajstić information content (AvgIpc) is 3.63. The molecule has 1 aliphatic carbocycles. The molecule has 0 amide bonds. The molecular weight excluding hydrogens is 416 g/mol. The zero-order valence-corrected chi connectivity index (χ0v) is 19.2. The van der Waals surface area contributed by atoms with E-state index in [1.807, 2.05) is 6.07 Å². The number of pyridine rings is 1. The van der Waals surface area contributed by atoms with Gasteiger partial charge < -0.3 is 25.8 Å². The summed E-state index contributed by atoms with van der Waals surface area (Å²) in [5.41, 5.74) is 18.8. The normalized spacial score (nSPS) is 15.8. The number of nitrogen functional groups attached to an aromatic ring is 2. The quantitative estimate of drug-likeness (QED) is 0.568. The molecule has 8 heteroatoms. The van der Waals surface area contributed by atoms with Gasteiger partial charge in [-0.15, -0.1) is 0 Å². The van der Waals surface area contributed by atoms with Crippen molar-refractivity contribution in [2.75, 3.05) is 31.7 Å². The Kier molecular flexibility index (Phi) is 5.76. The molecule has 172 valence electrons. The lowest BCUT2D eigenvalue weighted by Gasteiger charge is -2.27. The Morgan fingerprint density at radius 3 is 2.79 bits per heavy atom. The van der Waals surface area contributed by atoms with Gasteiger partial charge in [-0.1, -0.05) is 0 Å². The van der Waals surface area contributed by atoms with Crippen molar-refractivity contribution < 1.29 is 9.47 Å². The molecule has 1 fully saturated rings. The number of fused-ring (bicyclic) bond motifs is 1. The number of benzene rings is 1. The number of rotatable bonds is 7. The number of nitrogens with zero attached hydrogens (tertiary/aromatic N) is 4. The van der Waals surface area contributed by atoms with Crippen LogP contribution in [-0.4, -0.2) is 40.1 Å². The lowest BCUT2D eigenvalue weighted by atomic mass is 9.92. The van der Waals surface area contributed by atoms with E-state index in [2.05, 4.69) is 41.0 Å². The minimum absolute atomic E-state index is 0.213. The summed E-state index contributed by atoms with van der Waals surface area (Å²) in [5.74, 6) is 2.09. The molecule has 0 bridgehead atoms. The zero-order chi connectivity index (χ0) is 22.9. The molecule has 1 aliphatic heterocycles. The minimum Gasteiger partial charge on any atom is -0.489 e. The SMILES string of the molecule is Cc1cc(-c2cnc(N)c(OCc3ccnc(N)c3OCC3CC3)n2)cc2c1CN(C)CC2. The van der Waals surface area contributed by atoms with Crippen molar-refractivity contribution in [2.45, 2.75) is 39.3 Å². The van der Waals surface area contributed by atoms with Gasteiger partial charge in [0.25, 0.3) is 5.88 Å². The highest BCUT2D eigenvalue weighted by molar-refractivity contribution is 5.64. The van der Waals surface area contributed by atoms with E-state index in [4.69, 9.17) is 25.9 Å². The van der Waals surface area contributed by atoms with Crippen molar-refractivity contribution in [3.05, 3.63) is 52.8 Å². The molecule has 0 spiro atoms. The molecule has 3 aromatic rings. The number of likely N-dealkylation sites (N-methyl/N-ethyl adjacent to an activating group) is 1. The second-order valence-electron chi connectivity index (χ2n) is 9.09. The predicted octanol–water partition coefficient (Wildman–Crippen LogP) is 3.37. The second-order valence-corrected chi connectivity index (χ2v) is 9.09. The van der Waals surface area contributed by atoms with Crippen LogP contribution in [0.25, 0.3) is 11.3 Å². The van der Waals surface area contributed by atoms with E-state index in [9.17, 15) is 0 Å². The standard InChI is InChI=1S/C25H30N6O2/c1-15-9-19(10-17-6-8-31(2)12-20(15)17)21-11-29-24(27)25(30-21)33-14-18-5-7-28-23(26)22(18)32-13-16-3-4-16/h5,7,9-11,16H,3-4,6,8,12-14H2,1-2H3,(H2,26,28)(H2,27,29). The molecule has 8 nitrogen and oxygen atoms in total. The average molecular weight is 447 g/mol. The van der Waals surface area contributed by atoms with Crippen LogP contribution in [0.2, 0.25) is 0 Å². The van der Waals surface area contributed by atoms with Crippen LogP contribution in [0.1, 0.15) is 35.1 Å². The van der Waals surface area contributed by atoms with Crippen molar-refractivity contribution in [3.63, 3.8) is 0 Å². The summed E-state index contributed by atoms with van der Waals surface area (Å²) in [6.45, 7) is 5.04. The van der Waals surface area contributed by atoms with E-state index in [1.54, 1.807) is 12.4 Å². The van der Waals surface area contributed by atoms with Crippen molar-refractivity contribution in [3.8, 4) is 22.9 Å². The summed E-state index contributed by atoms with van der Waals surface area (Å²) < 4.78 is 11.9. The summed E-state index contributed by atoms with van der Waals surface area (Å²) in [7, 11) is 2.16. The number of aromatic nitrogens is 3. The first-order valence-corrected chi connectivity index (χ1v) is 11.4. The van der Waals surface area contributed by atoms with Gasteiger partial charge in [0.15, 0.2) is 17.4 Å². The van der Waals surface area contributed by atoms with Gasteiger partial charge in [0.1, 0.15) is 6.61 Å². The molecule has 2 aliphatic rings. The second kappa shape index (κ2) is 8.86. The lowest BCUT2D eigenvalue weighted by molar-refractivity contribution is 0.267. The van der Waals surface area contributed by atoms with Crippen LogP contribution in [0.5, 0.6) is 11.6 Å². The summed E-state index contributed by atoms with van der Waals surface area (Å²) in [6, 6.07) is 6.22. The molecule has 0 unspecified atom stereocenters. The van der Waals surface area contributed by atoms with E-state index < -0.39 is 0 Å². The Bertz CT molecular complexity index is 1180. The van der Waals surface area contributed by atoms with Gasteiger partial charge in [-0.05, 0) is 74.0 Å². The van der Waals surface area contributed by atoms with Crippen molar-refractivity contribution in [2.24, 2.45) is 5.92 Å². The largest absolute Gasteiger partial charge is 0.489 e. The summed E-state index contributed by atoms with van der Waals surface area (Å²) >= 11 is 0. The summed E-state index contributed by atoms with van der Waals surface area (Å²) in [6.07, 6.45) is 6.77. The predicted molar refractivity (Wildman–Crippen MR) is 128 cm³/mol. The van der Waals surface area contributed by atoms with Crippen LogP contribution < -0.4 is 20.9 Å². The van der Waals surface area contributed by atoms with Crippen LogP contribution in [0.15, 0.2) is 30.6 Å². The van der Waals surface area contributed by atoms with Gasteiger partial charge in [0, 0.05) is 30.4 Å². The molecule has 0 atom stereocenters. The molecule has 1 aromatic carbocycles. The highest BCUT2D eigenvalue weighted by Crippen LogP contribution is 2.33. The fourth-order valence-corrected chi connectivity index (χ4v) is 4.19. The third-order valence-electron chi connectivity index (χ3n) is 6.36. The molecule has 1 saturated carbocycles. The van der Waals surface area contributed by atoms with Crippen LogP contribution in [0.4, 0.5) is 11.6 Å². The fraction of sp³-hybridized carbons (Fsp3) is 0.400. The molecule has 3 heterocycles. The van der Waals surface area contributed by atoms with Crippen LogP contribution in [-0.2, 0) is 19.6 Å². The summed E-state index contributed by atoms with van der Waals surface area (Å²) in [5, 5.41) is 0. The van der Waals surface area contributed by atoms with Gasteiger partial charge in [-0.25, -0.2) is 15.0 Å². The maximum atomic E-state index is 6.09. The van der Waals surface area contributed by atoms with Crippen molar-refractivity contribution in [1.82, 2.24) is 19.9 Å². The van der Waals surface area contributed by atoms with E-state index >= 15 is 0 Å². The molecular formula is C25H30N6O2.